The summed E-state index contributed by atoms with van der Waals surface area (Å²) in [5.74, 6) is 0. The molecule has 0 aliphatic carbocycles. The lowest BCUT2D eigenvalue weighted by Crippen LogP contribution is -2.03. The van der Waals surface area contributed by atoms with Gasteiger partial charge in [0.25, 0.3) is 0 Å². The maximum Gasteiger partial charge on any atom is 0.102 e. The average molecular weight is 150 g/mol. The van der Waals surface area contributed by atoms with Crippen LogP contribution < -0.4 is 0 Å². The first-order valence-electron chi connectivity index (χ1n) is 3.39. The predicted molar refractivity (Wildman–Crippen MR) is 41.9 cm³/mol. The van der Waals surface area contributed by atoms with Crippen molar-refractivity contribution in [3.05, 3.63) is 42.3 Å². The van der Waals surface area contributed by atoms with E-state index in [0.29, 0.717) is 11.1 Å². The fraction of sp³-hybridized carbons (Fsp3) is 0.222. The summed E-state index contributed by atoms with van der Waals surface area (Å²) in [5.41, 5.74) is 1.09. The van der Waals surface area contributed by atoms with Crippen LogP contribution in [0.2, 0.25) is 0 Å². The molecule has 0 saturated carbocycles. The van der Waals surface area contributed by atoms with E-state index in [9.17, 15) is 5.11 Å². The highest BCUT2D eigenvalue weighted by Gasteiger charge is 2.06. The molecule has 2 N–H and O–H groups in total. The Bertz CT molecular complexity index is 233. The Kier molecular flexibility index (Phi) is 2.63. The first-order valence-corrected chi connectivity index (χ1v) is 3.39. The first kappa shape index (κ1) is 8.24. The second kappa shape index (κ2) is 3.51. The van der Waals surface area contributed by atoms with E-state index in [0.717, 1.165) is 0 Å². The number of aliphatic hydroxyl groups is 2. The van der Waals surface area contributed by atoms with Crippen molar-refractivity contribution in [3.8, 4) is 0 Å². The van der Waals surface area contributed by atoms with Crippen LogP contribution in [0.15, 0.2) is 24.3 Å². The summed E-state index contributed by atoms with van der Waals surface area (Å²) >= 11 is 0. The predicted octanol–water partition coefficient (Wildman–Crippen LogP) is 0.771. The van der Waals surface area contributed by atoms with Gasteiger partial charge in [-0.3, -0.25) is 0 Å². The smallest absolute Gasteiger partial charge is 0.102 e. The molecule has 0 bridgehead atoms. The molecule has 0 spiro atoms. The van der Waals surface area contributed by atoms with Crippen molar-refractivity contribution in [2.75, 3.05) is 6.61 Å². The minimum absolute atomic E-state index is 0.297. The lowest BCUT2D eigenvalue weighted by Gasteiger charge is -2.09. The lowest BCUT2D eigenvalue weighted by atomic mass is 10.0. The van der Waals surface area contributed by atoms with E-state index < -0.39 is 6.10 Å². The van der Waals surface area contributed by atoms with Crippen molar-refractivity contribution in [2.24, 2.45) is 0 Å². The molecule has 1 aromatic rings. The summed E-state index contributed by atoms with van der Waals surface area (Å²) in [5, 5.41) is 17.8. The molecule has 0 aliphatic rings. The highest BCUT2D eigenvalue weighted by atomic mass is 16.3. The van der Waals surface area contributed by atoms with E-state index in [1.165, 1.54) is 0 Å². The molecule has 0 aromatic heterocycles. The Labute approximate surface area is 66.1 Å². The van der Waals surface area contributed by atoms with Crippen molar-refractivity contribution in [3.63, 3.8) is 0 Å². The van der Waals surface area contributed by atoms with E-state index in [4.69, 9.17) is 12.0 Å². The summed E-state index contributed by atoms with van der Waals surface area (Å²) in [6.45, 7) is 5.23. The third kappa shape index (κ3) is 1.79. The van der Waals surface area contributed by atoms with E-state index in [2.05, 4.69) is 0 Å². The van der Waals surface area contributed by atoms with Crippen LogP contribution in [-0.2, 0) is 0 Å². The second-order valence-corrected chi connectivity index (χ2v) is 2.33. The highest BCUT2D eigenvalue weighted by Crippen LogP contribution is 2.15. The normalized spacial score (nSPS) is 13.0. The van der Waals surface area contributed by atoms with Crippen LogP contribution in [0.3, 0.4) is 0 Å². The molecular weight excluding hydrogens is 140 g/mol. The third-order valence-corrected chi connectivity index (χ3v) is 1.53. The van der Waals surface area contributed by atoms with Gasteiger partial charge in [-0.2, -0.15) is 0 Å². The summed E-state index contributed by atoms with van der Waals surface area (Å²) in [7, 11) is 0. The van der Waals surface area contributed by atoms with Crippen molar-refractivity contribution >= 4 is 0 Å². The summed E-state index contributed by atoms with van der Waals surface area (Å²) in [6, 6.07) is 6.93. The summed E-state index contributed by atoms with van der Waals surface area (Å²) in [6.07, 6.45) is -0.865. The van der Waals surface area contributed by atoms with Crippen LogP contribution >= 0.6 is 0 Å². The number of hydrogen-bond acceptors (Lipinski definition) is 2. The monoisotopic (exact) mass is 150 g/mol. The fourth-order valence-corrected chi connectivity index (χ4v) is 0.913. The van der Waals surface area contributed by atoms with E-state index in [1.807, 2.05) is 0 Å². The molecule has 0 heterocycles. The third-order valence-electron chi connectivity index (χ3n) is 1.53. The molecule has 0 saturated heterocycles. The van der Waals surface area contributed by atoms with Crippen molar-refractivity contribution in [1.29, 1.82) is 0 Å². The van der Waals surface area contributed by atoms with Crippen LogP contribution in [0.4, 0.5) is 0 Å². The molecule has 1 rings (SSSR count). The van der Waals surface area contributed by atoms with Gasteiger partial charge in [-0.05, 0) is 18.1 Å². The molecule has 2 radical (unpaired) electrons. The van der Waals surface area contributed by atoms with Crippen LogP contribution in [0.25, 0.3) is 0 Å². The van der Waals surface area contributed by atoms with Crippen molar-refractivity contribution < 1.29 is 10.2 Å². The molecular formula is C9H10O2. The Morgan fingerprint density at radius 3 is 2.55 bits per heavy atom. The SMILES string of the molecule is [CH]c1ccccc1C(O)CO. The zero-order chi connectivity index (χ0) is 8.27. The number of benzene rings is 1. The number of rotatable bonds is 2. The quantitative estimate of drug-likeness (QED) is 0.653. The largest absolute Gasteiger partial charge is 0.393 e. The standard InChI is InChI=1S/C9H10O2/c1-7-4-2-3-5-8(7)9(11)6-10/h1-5,9-11H,6H2. The topological polar surface area (TPSA) is 40.5 Å². The minimum atomic E-state index is -0.865. The average Bonchev–Trinajstić information content (AvgIpc) is 2.04. The van der Waals surface area contributed by atoms with Crippen LogP contribution in [0.5, 0.6) is 0 Å². The maximum atomic E-state index is 9.18. The van der Waals surface area contributed by atoms with Gasteiger partial charge in [-0.15, -0.1) is 0 Å². The van der Waals surface area contributed by atoms with E-state index >= 15 is 0 Å². The Morgan fingerprint density at radius 1 is 1.36 bits per heavy atom. The van der Waals surface area contributed by atoms with Gasteiger partial charge >= 0.3 is 0 Å². The van der Waals surface area contributed by atoms with E-state index in [1.54, 1.807) is 24.3 Å². The molecule has 58 valence electrons. The van der Waals surface area contributed by atoms with Crippen molar-refractivity contribution in [2.45, 2.75) is 6.10 Å². The minimum Gasteiger partial charge on any atom is -0.393 e. The summed E-state index contributed by atoms with van der Waals surface area (Å²) < 4.78 is 0. The van der Waals surface area contributed by atoms with Crippen LogP contribution in [0.1, 0.15) is 17.2 Å². The van der Waals surface area contributed by atoms with Gasteiger partial charge in [0.15, 0.2) is 0 Å². The molecule has 0 amide bonds. The van der Waals surface area contributed by atoms with Gasteiger partial charge in [0, 0.05) is 0 Å². The Morgan fingerprint density at radius 2 is 2.00 bits per heavy atom. The number of hydrogen-bond donors (Lipinski definition) is 2. The number of aliphatic hydroxyl groups excluding tert-OH is 2. The van der Waals surface area contributed by atoms with Crippen LogP contribution in [-0.4, -0.2) is 16.8 Å². The molecule has 2 nitrogen and oxygen atoms in total. The van der Waals surface area contributed by atoms with Crippen molar-refractivity contribution in [1.82, 2.24) is 0 Å². The fourth-order valence-electron chi connectivity index (χ4n) is 0.913. The maximum absolute atomic E-state index is 9.18. The van der Waals surface area contributed by atoms with Gasteiger partial charge in [-0.1, -0.05) is 24.3 Å². The molecule has 2 heteroatoms. The Balaban J connectivity index is 2.93. The highest BCUT2D eigenvalue weighted by molar-refractivity contribution is 5.31. The van der Waals surface area contributed by atoms with E-state index in [-0.39, 0.29) is 6.61 Å². The van der Waals surface area contributed by atoms with Gasteiger partial charge in [0.1, 0.15) is 6.10 Å². The first-order chi connectivity index (χ1) is 5.25. The van der Waals surface area contributed by atoms with Gasteiger partial charge in [0.2, 0.25) is 0 Å². The van der Waals surface area contributed by atoms with Gasteiger partial charge in [0.05, 0.1) is 6.61 Å². The summed E-state index contributed by atoms with van der Waals surface area (Å²) in [4.78, 5) is 0. The van der Waals surface area contributed by atoms with Gasteiger partial charge in [-0.25, -0.2) is 0 Å². The zero-order valence-electron chi connectivity index (χ0n) is 6.07. The second-order valence-electron chi connectivity index (χ2n) is 2.33. The molecule has 1 aromatic carbocycles. The van der Waals surface area contributed by atoms with Crippen LogP contribution in [0, 0.1) is 6.92 Å². The molecule has 0 fully saturated rings. The molecule has 11 heavy (non-hydrogen) atoms. The lowest BCUT2D eigenvalue weighted by molar-refractivity contribution is 0.0953. The zero-order valence-corrected chi connectivity index (χ0v) is 6.07. The van der Waals surface area contributed by atoms with Gasteiger partial charge < -0.3 is 10.2 Å². The molecule has 1 unspecified atom stereocenters. The molecule has 0 aliphatic heterocycles. The molecule has 1 atom stereocenters. The Hall–Kier alpha value is -0.860.